The van der Waals surface area contributed by atoms with Gasteiger partial charge < -0.3 is 4.74 Å². The van der Waals surface area contributed by atoms with Gasteiger partial charge in [0.2, 0.25) is 0 Å². The molecule has 0 bridgehead atoms. The monoisotopic (exact) mass is 258 g/mol. The fourth-order valence-corrected chi connectivity index (χ4v) is 2.07. The molecule has 0 aliphatic carbocycles. The first-order chi connectivity index (χ1) is 9.15. The maximum atomic E-state index is 11.0. The van der Waals surface area contributed by atoms with Crippen molar-refractivity contribution in [2.24, 2.45) is 0 Å². The summed E-state index contributed by atoms with van der Waals surface area (Å²) in [5.41, 5.74) is 3.50. The highest BCUT2D eigenvalue weighted by Gasteiger charge is 2.10. The second-order valence-corrected chi connectivity index (χ2v) is 4.44. The van der Waals surface area contributed by atoms with E-state index in [1.165, 1.54) is 0 Å². The molecule has 0 spiro atoms. The van der Waals surface area contributed by atoms with Gasteiger partial charge in [0.1, 0.15) is 5.75 Å². The highest BCUT2D eigenvalue weighted by molar-refractivity contribution is 5.78. The van der Waals surface area contributed by atoms with Crippen LogP contribution in [-0.4, -0.2) is 22.7 Å². The molecule has 2 rings (SSSR count). The van der Waals surface area contributed by atoms with Gasteiger partial charge in [-0.25, -0.2) is 0 Å². The van der Waals surface area contributed by atoms with Gasteiger partial charge in [-0.05, 0) is 38.5 Å². The lowest BCUT2D eigenvalue weighted by Crippen LogP contribution is -2.04. The van der Waals surface area contributed by atoms with Gasteiger partial charge in [0, 0.05) is 5.69 Å². The Morgan fingerprint density at radius 2 is 1.95 bits per heavy atom. The summed E-state index contributed by atoms with van der Waals surface area (Å²) in [5.74, 6) is 0.869. The minimum absolute atomic E-state index is 0.660. The Morgan fingerprint density at radius 3 is 2.47 bits per heavy atom. The lowest BCUT2D eigenvalue weighted by molar-refractivity contribution is 0.112. The molecule has 0 unspecified atom stereocenters. The first-order valence-electron chi connectivity index (χ1n) is 6.36. The Labute approximate surface area is 113 Å². The van der Waals surface area contributed by atoms with Gasteiger partial charge in [0.05, 0.1) is 24.4 Å². The van der Waals surface area contributed by atoms with Crippen molar-refractivity contribution in [3.05, 3.63) is 46.8 Å². The van der Waals surface area contributed by atoms with Gasteiger partial charge in [0.15, 0.2) is 6.29 Å². The van der Waals surface area contributed by atoms with E-state index < -0.39 is 0 Å². The topological polar surface area (TPSA) is 44.1 Å². The van der Waals surface area contributed by atoms with Gasteiger partial charge in [-0.1, -0.05) is 12.1 Å². The van der Waals surface area contributed by atoms with E-state index in [0.717, 1.165) is 29.0 Å². The lowest BCUT2D eigenvalue weighted by Gasteiger charge is -2.07. The molecule has 0 radical (unpaired) electrons. The molecule has 0 atom stereocenters. The number of aldehydes is 1. The fourth-order valence-electron chi connectivity index (χ4n) is 2.07. The Kier molecular flexibility index (Phi) is 4.00. The summed E-state index contributed by atoms with van der Waals surface area (Å²) in [7, 11) is 0. The molecule has 0 saturated carbocycles. The summed E-state index contributed by atoms with van der Waals surface area (Å²) in [6.07, 6.45) is 0.867. The van der Waals surface area contributed by atoms with Crippen molar-refractivity contribution >= 4 is 6.29 Å². The molecule has 4 heteroatoms. The van der Waals surface area contributed by atoms with Crippen LogP contribution < -0.4 is 4.74 Å². The molecule has 0 amide bonds. The van der Waals surface area contributed by atoms with Crippen LogP contribution in [0.15, 0.2) is 24.3 Å². The molecule has 1 aromatic heterocycles. The number of ether oxygens (including phenoxy) is 1. The zero-order valence-corrected chi connectivity index (χ0v) is 11.5. The quantitative estimate of drug-likeness (QED) is 0.775. The minimum atomic E-state index is 0.660. The predicted octanol–water partition coefficient (Wildman–Crippen LogP) is 2.76. The van der Waals surface area contributed by atoms with Crippen LogP contribution >= 0.6 is 0 Å². The number of benzene rings is 1. The third-order valence-corrected chi connectivity index (χ3v) is 3.12. The van der Waals surface area contributed by atoms with Crippen LogP contribution in [0.4, 0.5) is 0 Å². The van der Waals surface area contributed by atoms with Crippen LogP contribution in [0.1, 0.15) is 34.2 Å². The molecule has 0 aliphatic heterocycles. The number of aromatic nitrogens is 2. The molecular weight excluding hydrogens is 240 g/mol. The smallest absolute Gasteiger partial charge is 0.153 e. The Bertz CT molecular complexity index is 571. The average Bonchev–Trinajstić information content (AvgIpc) is 2.67. The van der Waals surface area contributed by atoms with E-state index in [9.17, 15) is 4.79 Å². The van der Waals surface area contributed by atoms with Gasteiger partial charge in [-0.15, -0.1) is 0 Å². The van der Waals surface area contributed by atoms with Crippen molar-refractivity contribution < 1.29 is 9.53 Å². The predicted molar refractivity (Wildman–Crippen MR) is 73.8 cm³/mol. The first kappa shape index (κ1) is 13.3. The molecule has 0 fully saturated rings. The van der Waals surface area contributed by atoms with Crippen molar-refractivity contribution in [3.63, 3.8) is 0 Å². The van der Waals surface area contributed by atoms with E-state index >= 15 is 0 Å². The summed E-state index contributed by atoms with van der Waals surface area (Å²) in [6.45, 7) is 7.06. The molecule has 1 aromatic carbocycles. The summed E-state index contributed by atoms with van der Waals surface area (Å²) in [6, 6.07) is 7.93. The van der Waals surface area contributed by atoms with Crippen LogP contribution in [0.5, 0.6) is 5.75 Å². The molecule has 2 aromatic rings. The second kappa shape index (κ2) is 5.69. The first-order valence-corrected chi connectivity index (χ1v) is 6.36. The van der Waals surface area contributed by atoms with Crippen LogP contribution in [0.25, 0.3) is 0 Å². The molecule has 19 heavy (non-hydrogen) atoms. The fraction of sp³-hybridized carbons (Fsp3) is 0.333. The summed E-state index contributed by atoms with van der Waals surface area (Å²) in [5, 5.41) is 4.39. The second-order valence-electron chi connectivity index (χ2n) is 4.44. The largest absolute Gasteiger partial charge is 0.494 e. The van der Waals surface area contributed by atoms with Gasteiger partial charge >= 0.3 is 0 Å². The molecular formula is C15H18N2O2. The number of hydrogen-bond acceptors (Lipinski definition) is 3. The van der Waals surface area contributed by atoms with Gasteiger partial charge in [0.25, 0.3) is 0 Å². The minimum Gasteiger partial charge on any atom is -0.494 e. The third-order valence-electron chi connectivity index (χ3n) is 3.12. The van der Waals surface area contributed by atoms with E-state index in [2.05, 4.69) is 5.10 Å². The lowest BCUT2D eigenvalue weighted by atomic mass is 10.2. The third kappa shape index (κ3) is 2.84. The molecule has 100 valence electrons. The molecule has 4 nitrogen and oxygen atoms in total. The highest BCUT2D eigenvalue weighted by atomic mass is 16.5. The van der Waals surface area contributed by atoms with E-state index in [1.807, 2.05) is 49.7 Å². The molecule has 1 heterocycles. The van der Waals surface area contributed by atoms with Gasteiger partial charge in [-0.3, -0.25) is 9.48 Å². The van der Waals surface area contributed by atoms with Crippen molar-refractivity contribution in [2.45, 2.75) is 27.3 Å². The van der Waals surface area contributed by atoms with E-state index in [1.54, 1.807) is 0 Å². The maximum absolute atomic E-state index is 11.0. The Hall–Kier alpha value is -2.10. The Morgan fingerprint density at radius 1 is 1.26 bits per heavy atom. The van der Waals surface area contributed by atoms with Crippen LogP contribution in [0, 0.1) is 13.8 Å². The van der Waals surface area contributed by atoms with Crippen molar-refractivity contribution in [3.8, 4) is 5.75 Å². The number of aryl methyl sites for hydroxylation is 1. The molecule has 0 N–H and O–H groups in total. The van der Waals surface area contributed by atoms with Crippen LogP contribution in [-0.2, 0) is 6.54 Å². The zero-order chi connectivity index (χ0) is 13.8. The Balaban J connectivity index is 2.19. The number of hydrogen-bond donors (Lipinski definition) is 0. The van der Waals surface area contributed by atoms with Crippen LogP contribution in [0.2, 0.25) is 0 Å². The van der Waals surface area contributed by atoms with Crippen molar-refractivity contribution in [1.82, 2.24) is 9.78 Å². The van der Waals surface area contributed by atoms with E-state index in [0.29, 0.717) is 18.7 Å². The van der Waals surface area contributed by atoms with Crippen LogP contribution in [0.3, 0.4) is 0 Å². The summed E-state index contributed by atoms with van der Waals surface area (Å²) < 4.78 is 7.26. The molecule has 0 aliphatic rings. The number of rotatable bonds is 5. The number of nitrogens with zero attached hydrogens (tertiary/aromatic N) is 2. The van der Waals surface area contributed by atoms with E-state index in [4.69, 9.17) is 4.74 Å². The van der Waals surface area contributed by atoms with Gasteiger partial charge in [-0.2, -0.15) is 5.10 Å². The summed E-state index contributed by atoms with van der Waals surface area (Å²) in [4.78, 5) is 11.0. The number of carbonyl (C=O) groups is 1. The standard InChI is InChI=1S/C15H18N2O2/c1-4-19-14-7-5-13(6-8-14)9-17-12(3)15(10-18)11(2)16-17/h5-8,10H,4,9H2,1-3H3. The zero-order valence-electron chi connectivity index (χ0n) is 11.5. The number of carbonyl (C=O) groups excluding carboxylic acids is 1. The SMILES string of the molecule is CCOc1ccc(Cn2nc(C)c(C=O)c2C)cc1. The molecule has 0 saturated heterocycles. The highest BCUT2D eigenvalue weighted by Crippen LogP contribution is 2.15. The van der Waals surface area contributed by atoms with E-state index in [-0.39, 0.29) is 0 Å². The van der Waals surface area contributed by atoms with Crippen molar-refractivity contribution in [2.75, 3.05) is 6.61 Å². The maximum Gasteiger partial charge on any atom is 0.153 e. The van der Waals surface area contributed by atoms with Crippen molar-refractivity contribution in [1.29, 1.82) is 0 Å². The summed E-state index contributed by atoms with van der Waals surface area (Å²) >= 11 is 0. The normalized spacial score (nSPS) is 10.5. The average molecular weight is 258 g/mol.